The smallest absolute Gasteiger partial charge is 0.341 e. The number of esters is 1. The summed E-state index contributed by atoms with van der Waals surface area (Å²) in [7, 11) is 1.32. The molecule has 0 fully saturated rings. The molecule has 0 unspecified atom stereocenters. The molecular weight excluding hydrogens is 441 g/mol. The van der Waals surface area contributed by atoms with Crippen molar-refractivity contribution in [3.63, 3.8) is 0 Å². The Morgan fingerprint density at radius 2 is 1.87 bits per heavy atom. The fourth-order valence-corrected chi connectivity index (χ4v) is 4.27. The number of methoxy groups -OCH3 is 1. The van der Waals surface area contributed by atoms with Crippen molar-refractivity contribution in [1.29, 1.82) is 0 Å². The zero-order valence-corrected chi connectivity index (χ0v) is 18.7. The van der Waals surface area contributed by atoms with E-state index >= 15 is 0 Å². The van der Waals surface area contributed by atoms with Crippen molar-refractivity contribution in [2.75, 3.05) is 12.4 Å². The molecule has 154 valence electrons. The summed E-state index contributed by atoms with van der Waals surface area (Å²) in [5.41, 5.74) is 3.79. The molecule has 7 heteroatoms. The van der Waals surface area contributed by atoms with Gasteiger partial charge in [0.15, 0.2) is 0 Å². The number of hydrogen-bond acceptors (Lipinski definition) is 4. The SMILES string of the molecule is CCc1ccc(-c2csc(NC(=O)/C=C/c3ccc(Cl)cc3Cl)c2C(=O)OC)cc1. The van der Waals surface area contributed by atoms with Gasteiger partial charge in [0, 0.05) is 27.1 Å². The molecule has 0 saturated heterocycles. The van der Waals surface area contributed by atoms with E-state index in [9.17, 15) is 9.59 Å². The van der Waals surface area contributed by atoms with Crippen molar-refractivity contribution in [1.82, 2.24) is 0 Å². The molecule has 0 saturated carbocycles. The number of benzene rings is 2. The maximum absolute atomic E-state index is 12.4. The minimum Gasteiger partial charge on any atom is -0.465 e. The standard InChI is InChI=1S/C23H19Cl2NO3S/c1-3-14-4-6-15(7-5-14)18-13-30-22(21(18)23(28)29-2)26-20(27)11-9-16-8-10-17(24)12-19(16)25/h4-13H,3H2,1-2H3,(H,26,27)/b11-9+. The molecule has 0 aliphatic carbocycles. The van der Waals surface area contributed by atoms with Crippen molar-refractivity contribution in [2.24, 2.45) is 0 Å². The number of ether oxygens (including phenoxy) is 1. The molecule has 30 heavy (non-hydrogen) atoms. The molecule has 1 amide bonds. The average molecular weight is 460 g/mol. The van der Waals surface area contributed by atoms with E-state index in [-0.39, 0.29) is 5.91 Å². The number of carbonyl (C=O) groups is 2. The van der Waals surface area contributed by atoms with Crippen LogP contribution < -0.4 is 5.32 Å². The summed E-state index contributed by atoms with van der Waals surface area (Å²) in [6.45, 7) is 2.08. The van der Waals surface area contributed by atoms with E-state index in [1.165, 1.54) is 30.1 Å². The first kappa shape index (κ1) is 22.1. The van der Waals surface area contributed by atoms with Crippen LogP contribution in [0.2, 0.25) is 10.0 Å². The number of hydrogen-bond donors (Lipinski definition) is 1. The van der Waals surface area contributed by atoms with Crippen LogP contribution in [-0.2, 0) is 16.0 Å². The Bertz CT molecular complexity index is 1100. The highest BCUT2D eigenvalue weighted by Gasteiger charge is 2.22. The van der Waals surface area contributed by atoms with E-state index in [1.807, 2.05) is 29.6 Å². The van der Waals surface area contributed by atoms with Gasteiger partial charge in [-0.15, -0.1) is 11.3 Å². The molecule has 0 spiro atoms. The van der Waals surface area contributed by atoms with E-state index in [2.05, 4.69) is 12.2 Å². The lowest BCUT2D eigenvalue weighted by molar-refractivity contribution is -0.111. The lowest BCUT2D eigenvalue weighted by Gasteiger charge is -2.07. The highest BCUT2D eigenvalue weighted by molar-refractivity contribution is 7.15. The number of halogens is 2. The molecule has 4 nitrogen and oxygen atoms in total. The molecular formula is C23H19Cl2NO3S. The van der Waals surface area contributed by atoms with Crippen LogP contribution in [-0.4, -0.2) is 19.0 Å². The molecule has 3 rings (SSSR count). The lowest BCUT2D eigenvalue weighted by Crippen LogP contribution is -2.11. The van der Waals surface area contributed by atoms with Crippen LogP contribution in [0, 0.1) is 0 Å². The van der Waals surface area contributed by atoms with Gasteiger partial charge in [0.2, 0.25) is 5.91 Å². The van der Waals surface area contributed by atoms with Crippen LogP contribution in [0.15, 0.2) is 53.9 Å². The maximum atomic E-state index is 12.4. The van der Waals surface area contributed by atoms with Gasteiger partial charge in [-0.2, -0.15) is 0 Å². The van der Waals surface area contributed by atoms with E-state index in [1.54, 1.807) is 24.3 Å². The number of anilines is 1. The molecule has 0 aliphatic heterocycles. The Kier molecular flexibility index (Phi) is 7.32. The number of amides is 1. The van der Waals surface area contributed by atoms with E-state index in [0.29, 0.717) is 26.2 Å². The maximum Gasteiger partial charge on any atom is 0.341 e. The second-order valence-electron chi connectivity index (χ2n) is 6.38. The van der Waals surface area contributed by atoms with Crippen molar-refractivity contribution < 1.29 is 14.3 Å². The third-order valence-electron chi connectivity index (χ3n) is 4.47. The van der Waals surface area contributed by atoms with Gasteiger partial charge >= 0.3 is 5.97 Å². The largest absolute Gasteiger partial charge is 0.465 e. The summed E-state index contributed by atoms with van der Waals surface area (Å²) >= 11 is 13.3. The average Bonchev–Trinajstić information content (AvgIpc) is 3.16. The first-order valence-electron chi connectivity index (χ1n) is 9.16. The normalized spacial score (nSPS) is 10.9. The first-order valence-corrected chi connectivity index (χ1v) is 10.8. The van der Waals surface area contributed by atoms with E-state index < -0.39 is 5.97 Å². The van der Waals surface area contributed by atoms with Crippen LogP contribution in [0.25, 0.3) is 17.2 Å². The number of thiophene rings is 1. The molecule has 1 aromatic heterocycles. The van der Waals surface area contributed by atoms with Gasteiger partial charge in [0.1, 0.15) is 10.6 Å². The minimum atomic E-state index is -0.508. The third kappa shape index (κ3) is 5.11. The van der Waals surface area contributed by atoms with Crippen molar-refractivity contribution in [3.8, 4) is 11.1 Å². The quantitative estimate of drug-likeness (QED) is 0.328. The Morgan fingerprint density at radius 3 is 2.50 bits per heavy atom. The minimum absolute atomic E-state index is 0.332. The molecule has 1 N–H and O–H groups in total. The Morgan fingerprint density at radius 1 is 1.13 bits per heavy atom. The molecule has 0 aliphatic rings. The zero-order chi connectivity index (χ0) is 21.7. The predicted octanol–water partition coefficient (Wildman–Crippen LogP) is 6.72. The Labute approximate surface area is 189 Å². The summed E-state index contributed by atoms with van der Waals surface area (Å²) in [4.78, 5) is 24.9. The van der Waals surface area contributed by atoms with Crippen LogP contribution in [0.4, 0.5) is 5.00 Å². The van der Waals surface area contributed by atoms with Crippen LogP contribution in [0.1, 0.15) is 28.4 Å². The number of rotatable bonds is 6. The van der Waals surface area contributed by atoms with Crippen molar-refractivity contribution in [3.05, 3.63) is 80.7 Å². The molecule has 2 aromatic carbocycles. The molecule has 0 atom stereocenters. The van der Waals surface area contributed by atoms with Gasteiger partial charge in [-0.05, 0) is 41.3 Å². The highest BCUT2D eigenvalue weighted by atomic mass is 35.5. The summed E-state index contributed by atoms with van der Waals surface area (Å²) in [6, 6.07) is 13.0. The van der Waals surface area contributed by atoms with Crippen molar-refractivity contribution in [2.45, 2.75) is 13.3 Å². The highest BCUT2D eigenvalue weighted by Crippen LogP contribution is 2.36. The number of nitrogens with one attached hydrogen (secondary N) is 1. The van der Waals surface area contributed by atoms with Crippen molar-refractivity contribution >= 4 is 57.5 Å². The van der Waals surface area contributed by atoms with Gasteiger partial charge in [-0.25, -0.2) is 4.79 Å². The summed E-state index contributed by atoms with van der Waals surface area (Å²) in [5, 5.41) is 5.98. The summed E-state index contributed by atoms with van der Waals surface area (Å²) in [5.74, 6) is -0.897. The second kappa shape index (κ2) is 9.94. The zero-order valence-electron chi connectivity index (χ0n) is 16.4. The number of aryl methyl sites for hydroxylation is 1. The number of carbonyl (C=O) groups excluding carboxylic acids is 2. The summed E-state index contributed by atoms with van der Waals surface area (Å²) < 4.78 is 4.95. The monoisotopic (exact) mass is 459 g/mol. The fourth-order valence-electron chi connectivity index (χ4n) is 2.84. The Hall–Kier alpha value is -2.60. The van der Waals surface area contributed by atoms with Crippen LogP contribution in [0.3, 0.4) is 0 Å². The molecule has 0 bridgehead atoms. The first-order chi connectivity index (χ1) is 14.4. The Balaban J connectivity index is 1.86. The summed E-state index contributed by atoms with van der Waals surface area (Å²) in [6.07, 6.45) is 3.87. The van der Waals surface area contributed by atoms with Gasteiger partial charge in [0.05, 0.1) is 7.11 Å². The van der Waals surface area contributed by atoms with E-state index in [4.69, 9.17) is 27.9 Å². The van der Waals surface area contributed by atoms with Crippen LogP contribution in [0.5, 0.6) is 0 Å². The van der Waals surface area contributed by atoms with Crippen LogP contribution >= 0.6 is 34.5 Å². The van der Waals surface area contributed by atoms with Gasteiger partial charge < -0.3 is 10.1 Å². The van der Waals surface area contributed by atoms with Gasteiger partial charge in [-0.1, -0.05) is 60.5 Å². The van der Waals surface area contributed by atoms with Gasteiger partial charge in [-0.3, -0.25) is 4.79 Å². The topological polar surface area (TPSA) is 55.4 Å². The second-order valence-corrected chi connectivity index (χ2v) is 8.11. The van der Waals surface area contributed by atoms with Gasteiger partial charge in [0.25, 0.3) is 0 Å². The molecule has 3 aromatic rings. The molecule has 1 heterocycles. The lowest BCUT2D eigenvalue weighted by atomic mass is 10.0. The molecule has 0 radical (unpaired) electrons. The third-order valence-corrected chi connectivity index (χ3v) is 5.93. The predicted molar refractivity (Wildman–Crippen MR) is 125 cm³/mol. The fraction of sp³-hybridized carbons (Fsp3) is 0.130. The van der Waals surface area contributed by atoms with E-state index in [0.717, 1.165) is 17.5 Å².